The summed E-state index contributed by atoms with van der Waals surface area (Å²) in [5.41, 5.74) is 2.50. The zero-order valence-corrected chi connectivity index (χ0v) is 13.8. The molecule has 0 bridgehead atoms. The molecule has 0 aliphatic carbocycles. The third-order valence-electron chi connectivity index (χ3n) is 3.82. The highest BCUT2D eigenvalue weighted by molar-refractivity contribution is 7.11. The largest absolute Gasteiger partial charge is 0.356 e. The Hall–Kier alpha value is -1.66. The van der Waals surface area contributed by atoms with Crippen molar-refractivity contribution in [1.82, 2.24) is 15.3 Å². The molecule has 5 nitrogen and oxygen atoms in total. The Kier molecular flexibility index (Phi) is 4.59. The molecule has 3 rings (SSSR count). The second-order valence-electron chi connectivity index (χ2n) is 5.34. The van der Waals surface area contributed by atoms with Crippen LogP contribution in [-0.2, 0) is 0 Å². The molecule has 1 N–H and O–H groups in total. The highest BCUT2D eigenvalue weighted by atomic mass is 35.5. The number of hydrogen-bond donors (Lipinski definition) is 1. The summed E-state index contributed by atoms with van der Waals surface area (Å²) in [5.74, 6) is 0.926. The first kappa shape index (κ1) is 15.2. The molecule has 1 fully saturated rings. The number of aromatic nitrogens is 2. The Bertz CT molecular complexity index is 650. The van der Waals surface area contributed by atoms with Gasteiger partial charge < -0.3 is 10.2 Å². The maximum absolute atomic E-state index is 12.2. The SMILES string of the molecule is Cc1ncsc1C(=O)NC1CCN(c2ccc(Cl)cn2)CC1. The molecule has 0 radical (unpaired) electrons. The second-order valence-corrected chi connectivity index (χ2v) is 6.63. The van der Waals surface area contributed by atoms with E-state index in [1.807, 2.05) is 19.1 Å². The molecule has 1 saturated heterocycles. The Morgan fingerprint density at radius 1 is 1.36 bits per heavy atom. The van der Waals surface area contributed by atoms with E-state index in [2.05, 4.69) is 20.2 Å². The lowest BCUT2D eigenvalue weighted by atomic mass is 10.0. The highest BCUT2D eigenvalue weighted by Crippen LogP contribution is 2.20. The summed E-state index contributed by atoms with van der Waals surface area (Å²) in [4.78, 5) is 23.6. The number of halogens is 1. The summed E-state index contributed by atoms with van der Waals surface area (Å²) in [6.07, 6.45) is 3.49. The average molecular weight is 337 g/mol. The first-order chi connectivity index (χ1) is 10.6. The number of amides is 1. The van der Waals surface area contributed by atoms with Gasteiger partial charge in [0, 0.05) is 25.3 Å². The highest BCUT2D eigenvalue weighted by Gasteiger charge is 2.23. The van der Waals surface area contributed by atoms with Crippen molar-refractivity contribution in [2.75, 3.05) is 18.0 Å². The fourth-order valence-electron chi connectivity index (χ4n) is 2.58. The molecule has 7 heteroatoms. The van der Waals surface area contributed by atoms with Gasteiger partial charge in [-0.2, -0.15) is 0 Å². The van der Waals surface area contributed by atoms with Crippen LogP contribution in [0.3, 0.4) is 0 Å². The minimum absolute atomic E-state index is 0.0110. The number of anilines is 1. The van der Waals surface area contributed by atoms with Crippen molar-refractivity contribution < 1.29 is 4.79 Å². The average Bonchev–Trinajstić information content (AvgIpc) is 2.95. The van der Waals surface area contributed by atoms with Crippen LogP contribution in [0.25, 0.3) is 0 Å². The summed E-state index contributed by atoms with van der Waals surface area (Å²) < 4.78 is 0. The van der Waals surface area contributed by atoms with Crippen LogP contribution in [0, 0.1) is 6.92 Å². The minimum atomic E-state index is -0.0110. The van der Waals surface area contributed by atoms with Crippen LogP contribution >= 0.6 is 22.9 Å². The molecule has 2 aromatic heterocycles. The topological polar surface area (TPSA) is 58.1 Å². The van der Waals surface area contributed by atoms with Crippen LogP contribution in [0.5, 0.6) is 0 Å². The molecule has 0 atom stereocenters. The molecule has 1 amide bonds. The van der Waals surface area contributed by atoms with Crippen LogP contribution in [-0.4, -0.2) is 35.0 Å². The zero-order valence-electron chi connectivity index (χ0n) is 12.3. The number of nitrogens with zero attached hydrogens (tertiary/aromatic N) is 3. The number of hydrogen-bond acceptors (Lipinski definition) is 5. The van der Waals surface area contributed by atoms with Gasteiger partial charge >= 0.3 is 0 Å². The lowest BCUT2D eigenvalue weighted by Crippen LogP contribution is -2.44. The van der Waals surface area contributed by atoms with Gasteiger partial charge in [-0.15, -0.1) is 11.3 Å². The van der Waals surface area contributed by atoms with E-state index in [-0.39, 0.29) is 11.9 Å². The fraction of sp³-hybridized carbons (Fsp3) is 0.400. The number of piperidine rings is 1. The van der Waals surface area contributed by atoms with Crippen LogP contribution in [0.15, 0.2) is 23.8 Å². The van der Waals surface area contributed by atoms with E-state index < -0.39 is 0 Å². The van der Waals surface area contributed by atoms with Gasteiger partial charge in [-0.1, -0.05) is 11.6 Å². The van der Waals surface area contributed by atoms with Crippen LogP contribution < -0.4 is 10.2 Å². The standard InChI is InChI=1S/C15H17ClN4OS/c1-10-14(22-9-18-10)15(21)19-12-4-6-20(7-5-12)13-3-2-11(16)8-17-13/h2-3,8-9,12H,4-7H2,1H3,(H,19,21). The third-order valence-corrected chi connectivity index (χ3v) is 4.97. The third kappa shape index (κ3) is 3.39. The van der Waals surface area contributed by atoms with Crippen molar-refractivity contribution in [3.8, 4) is 0 Å². The molecular formula is C15H17ClN4OS. The smallest absolute Gasteiger partial charge is 0.263 e. The minimum Gasteiger partial charge on any atom is -0.356 e. The van der Waals surface area contributed by atoms with E-state index in [4.69, 9.17) is 11.6 Å². The summed E-state index contributed by atoms with van der Waals surface area (Å²) in [5, 5.41) is 3.75. The Morgan fingerprint density at radius 2 is 2.14 bits per heavy atom. The molecule has 1 aliphatic heterocycles. The molecule has 0 spiro atoms. The molecule has 22 heavy (non-hydrogen) atoms. The van der Waals surface area contributed by atoms with Gasteiger partial charge in [0.1, 0.15) is 10.7 Å². The Labute approximate surface area is 138 Å². The Morgan fingerprint density at radius 3 is 2.73 bits per heavy atom. The van der Waals surface area contributed by atoms with Crippen LogP contribution in [0.2, 0.25) is 5.02 Å². The van der Waals surface area contributed by atoms with Gasteiger partial charge in [0.15, 0.2) is 0 Å². The van der Waals surface area contributed by atoms with Gasteiger partial charge in [0.2, 0.25) is 0 Å². The van der Waals surface area contributed by atoms with Gasteiger partial charge in [-0.3, -0.25) is 4.79 Å². The predicted molar refractivity (Wildman–Crippen MR) is 88.8 cm³/mol. The summed E-state index contributed by atoms with van der Waals surface area (Å²) in [6.45, 7) is 3.61. The van der Waals surface area contributed by atoms with Crippen molar-refractivity contribution in [2.45, 2.75) is 25.8 Å². The van der Waals surface area contributed by atoms with Gasteiger partial charge in [0.05, 0.1) is 16.2 Å². The van der Waals surface area contributed by atoms with Gasteiger partial charge in [-0.05, 0) is 31.9 Å². The number of aryl methyl sites for hydroxylation is 1. The summed E-state index contributed by atoms with van der Waals surface area (Å²) >= 11 is 7.25. The maximum Gasteiger partial charge on any atom is 0.263 e. The van der Waals surface area contributed by atoms with Crippen molar-refractivity contribution >= 4 is 34.7 Å². The quantitative estimate of drug-likeness (QED) is 0.936. The van der Waals surface area contributed by atoms with Gasteiger partial charge in [-0.25, -0.2) is 9.97 Å². The van der Waals surface area contributed by atoms with E-state index >= 15 is 0 Å². The number of carbonyl (C=O) groups excluding carboxylic acids is 1. The number of pyridine rings is 1. The van der Waals surface area contributed by atoms with E-state index in [0.717, 1.165) is 37.4 Å². The lowest BCUT2D eigenvalue weighted by Gasteiger charge is -2.33. The molecule has 2 aromatic rings. The second kappa shape index (κ2) is 6.62. The van der Waals surface area contributed by atoms with Crippen molar-refractivity contribution in [3.05, 3.63) is 39.4 Å². The van der Waals surface area contributed by atoms with Crippen molar-refractivity contribution in [3.63, 3.8) is 0 Å². The molecule has 3 heterocycles. The molecule has 116 valence electrons. The normalized spacial score (nSPS) is 15.8. The maximum atomic E-state index is 12.2. The molecule has 0 aromatic carbocycles. The number of rotatable bonds is 3. The fourth-order valence-corrected chi connectivity index (χ4v) is 3.40. The first-order valence-corrected chi connectivity index (χ1v) is 8.46. The van der Waals surface area contributed by atoms with E-state index in [1.165, 1.54) is 11.3 Å². The van der Waals surface area contributed by atoms with Gasteiger partial charge in [0.25, 0.3) is 5.91 Å². The van der Waals surface area contributed by atoms with E-state index in [0.29, 0.717) is 9.90 Å². The Balaban J connectivity index is 1.55. The number of thiazole rings is 1. The van der Waals surface area contributed by atoms with Crippen molar-refractivity contribution in [2.24, 2.45) is 0 Å². The van der Waals surface area contributed by atoms with Crippen LogP contribution in [0.4, 0.5) is 5.82 Å². The molecule has 0 saturated carbocycles. The van der Waals surface area contributed by atoms with E-state index in [1.54, 1.807) is 11.7 Å². The molecular weight excluding hydrogens is 320 g/mol. The van der Waals surface area contributed by atoms with Crippen LogP contribution in [0.1, 0.15) is 28.2 Å². The summed E-state index contributed by atoms with van der Waals surface area (Å²) in [7, 11) is 0. The number of carbonyl (C=O) groups is 1. The van der Waals surface area contributed by atoms with Crippen molar-refractivity contribution in [1.29, 1.82) is 0 Å². The lowest BCUT2D eigenvalue weighted by molar-refractivity contribution is 0.0934. The molecule has 0 unspecified atom stereocenters. The zero-order chi connectivity index (χ0) is 15.5. The molecule has 1 aliphatic rings. The predicted octanol–water partition coefficient (Wildman–Crippen LogP) is 2.90. The summed E-state index contributed by atoms with van der Waals surface area (Å²) in [6, 6.07) is 3.99. The monoisotopic (exact) mass is 336 g/mol. The van der Waals surface area contributed by atoms with E-state index in [9.17, 15) is 4.79 Å². The first-order valence-electron chi connectivity index (χ1n) is 7.21. The number of nitrogens with one attached hydrogen (secondary N) is 1.